The predicted molar refractivity (Wildman–Crippen MR) is 110 cm³/mol. The lowest BCUT2D eigenvalue weighted by atomic mass is 10.2. The highest BCUT2D eigenvalue weighted by molar-refractivity contribution is 6.30. The van der Waals surface area contributed by atoms with Gasteiger partial charge in [0.2, 0.25) is 5.91 Å². The van der Waals surface area contributed by atoms with E-state index in [1.807, 2.05) is 43.3 Å². The third-order valence-corrected chi connectivity index (χ3v) is 4.59. The van der Waals surface area contributed by atoms with Crippen molar-refractivity contribution in [1.29, 1.82) is 0 Å². The van der Waals surface area contributed by atoms with Gasteiger partial charge in [0.05, 0.1) is 29.7 Å². The van der Waals surface area contributed by atoms with E-state index in [1.54, 1.807) is 30.8 Å². The molecule has 0 aliphatic carbocycles. The Morgan fingerprint density at radius 2 is 1.86 bits per heavy atom. The highest BCUT2D eigenvalue weighted by Gasteiger charge is 2.20. The van der Waals surface area contributed by atoms with Crippen molar-refractivity contribution in [3.63, 3.8) is 0 Å². The molecule has 0 aliphatic rings. The number of rotatable bonds is 5. The van der Waals surface area contributed by atoms with Gasteiger partial charge in [-0.1, -0.05) is 35.4 Å². The number of aryl methyl sites for hydroxylation is 1. The third kappa shape index (κ3) is 4.40. The fourth-order valence-electron chi connectivity index (χ4n) is 2.82. The Bertz CT molecular complexity index is 1010. The van der Waals surface area contributed by atoms with Crippen molar-refractivity contribution in [1.82, 2.24) is 14.7 Å². The van der Waals surface area contributed by atoms with Gasteiger partial charge in [0.15, 0.2) is 0 Å². The molecule has 144 valence electrons. The second-order valence-electron chi connectivity index (χ2n) is 6.61. The molecule has 7 heteroatoms. The minimum absolute atomic E-state index is 0.0610. The summed E-state index contributed by atoms with van der Waals surface area (Å²) < 4.78 is 1.65. The molecular formula is C21H21ClN4O2. The lowest BCUT2D eigenvalue weighted by molar-refractivity contribution is -0.116. The summed E-state index contributed by atoms with van der Waals surface area (Å²) in [4.78, 5) is 26.4. The molecule has 0 aliphatic heterocycles. The van der Waals surface area contributed by atoms with E-state index >= 15 is 0 Å². The van der Waals surface area contributed by atoms with Crippen molar-refractivity contribution in [3.05, 3.63) is 76.6 Å². The quantitative estimate of drug-likeness (QED) is 0.712. The Morgan fingerprint density at radius 1 is 1.14 bits per heavy atom. The minimum atomic E-state index is -0.273. The molecule has 0 fully saturated rings. The second kappa shape index (κ2) is 8.27. The van der Waals surface area contributed by atoms with Gasteiger partial charge < -0.3 is 10.2 Å². The van der Waals surface area contributed by atoms with Gasteiger partial charge in [0.1, 0.15) is 0 Å². The predicted octanol–water partition coefficient (Wildman–Crippen LogP) is 3.85. The van der Waals surface area contributed by atoms with Crippen molar-refractivity contribution < 1.29 is 9.59 Å². The van der Waals surface area contributed by atoms with Crippen molar-refractivity contribution in [2.75, 3.05) is 18.9 Å². The van der Waals surface area contributed by atoms with Gasteiger partial charge in [-0.2, -0.15) is 5.10 Å². The maximum absolute atomic E-state index is 12.8. The van der Waals surface area contributed by atoms with Crippen LogP contribution >= 0.6 is 11.6 Å². The topological polar surface area (TPSA) is 67.2 Å². The van der Waals surface area contributed by atoms with Crippen molar-refractivity contribution in [2.45, 2.75) is 13.8 Å². The number of amides is 2. The molecule has 0 bridgehead atoms. The first-order valence-electron chi connectivity index (χ1n) is 8.77. The van der Waals surface area contributed by atoms with E-state index in [0.717, 1.165) is 11.3 Å². The zero-order valence-electron chi connectivity index (χ0n) is 15.9. The summed E-state index contributed by atoms with van der Waals surface area (Å²) in [5, 5.41) is 7.67. The number of nitrogens with zero attached hydrogens (tertiary/aromatic N) is 3. The van der Waals surface area contributed by atoms with Crippen LogP contribution < -0.4 is 5.32 Å². The molecule has 0 unspecified atom stereocenters. The van der Waals surface area contributed by atoms with Crippen LogP contribution in [0.4, 0.5) is 5.69 Å². The Kier molecular flexibility index (Phi) is 5.80. The minimum Gasteiger partial charge on any atom is -0.332 e. The first-order chi connectivity index (χ1) is 13.3. The average Bonchev–Trinajstić information content (AvgIpc) is 3.04. The number of aromatic nitrogens is 2. The molecule has 1 N–H and O–H groups in total. The molecule has 2 amide bonds. The molecule has 3 aromatic rings. The van der Waals surface area contributed by atoms with E-state index in [0.29, 0.717) is 22.0 Å². The van der Waals surface area contributed by atoms with Gasteiger partial charge in [0.25, 0.3) is 5.91 Å². The lowest BCUT2D eigenvalue weighted by Gasteiger charge is -2.17. The van der Waals surface area contributed by atoms with Crippen LogP contribution in [0.3, 0.4) is 0 Å². The van der Waals surface area contributed by atoms with E-state index in [2.05, 4.69) is 10.4 Å². The molecule has 2 aromatic carbocycles. The first kappa shape index (κ1) is 19.6. The average molecular weight is 397 g/mol. The van der Waals surface area contributed by atoms with Gasteiger partial charge in [-0.15, -0.1) is 0 Å². The fraction of sp³-hybridized carbons (Fsp3) is 0.190. The van der Waals surface area contributed by atoms with Crippen LogP contribution in [0.25, 0.3) is 5.69 Å². The molecule has 28 heavy (non-hydrogen) atoms. The van der Waals surface area contributed by atoms with Gasteiger partial charge in [-0.3, -0.25) is 9.59 Å². The molecule has 0 radical (unpaired) electrons. The Labute approximate surface area is 168 Å². The largest absolute Gasteiger partial charge is 0.332 e. The highest BCUT2D eigenvalue weighted by atomic mass is 35.5. The van der Waals surface area contributed by atoms with Crippen LogP contribution in [0, 0.1) is 13.8 Å². The van der Waals surface area contributed by atoms with Gasteiger partial charge in [0, 0.05) is 17.8 Å². The van der Waals surface area contributed by atoms with Crippen LogP contribution in [0.1, 0.15) is 21.6 Å². The van der Waals surface area contributed by atoms with E-state index in [1.165, 1.54) is 11.1 Å². The summed E-state index contributed by atoms with van der Waals surface area (Å²) in [5.74, 6) is -0.538. The zero-order chi connectivity index (χ0) is 20.3. The van der Waals surface area contributed by atoms with Crippen LogP contribution in [0.2, 0.25) is 5.02 Å². The van der Waals surface area contributed by atoms with Crippen LogP contribution in [-0.4, -0.2) is 40.1 Å². The second-order valence-corrected chi connectivity index (χ2v) is 7.05. The maximum atomic E-state index is 12.8. The van der Waals surface area contributed by atoms with Gasteiger partial charge in [-0.25, -0.2) is 4.68 Å². The molecule has 0 saturated heterocycles. The summed E-state index contributed by atoms with van der Waals surface area (Å²) in [7, 11) is 1.59. The van der Waals surface area contributed by atoms with E-state index < -0.39 is 0 Å². The Morgan fingerprint density at radius 3 is 2.54 bits per heavy atom. The van der Waals surface area contributed by atoms with Crippen LogP contribution in [0.15, 0.2) is 54.7 Å². The summed E-state index contributed by atoms with van der Waals surface area (Å²) in [6.07, 6.45) is 1.51. The Balaban J connectivity index is 1.69. The normalized spacial score (nSPS) is 10.6. The third-order valence-electron chi connectivity index (χ3n) is 4.36. The number of nitrogens with one attached hydrogen (secondary N) is 1. The molecule has 1 aromatic heterocycles. The monoisotopic (exact) mass is 396 g/mol. The standard InChI is InChI=1S/C21H21ClN4O2/c1-14-7-9-17(10-8-14)24-20(27)13-25(3)21(28)19-12-23-26(15(19)2)18-6-4-5-16(22)11-18/h4-12H,13H2,1-3H3,(H,24,27). The summed E-state index contributed by atoms with van der Waals surface area (Å²) in [6, 6.07) is 14.7. The number of hydrogen-bond acceptors (Lipinski definition) is 3. The van der Waals surface area contributed by atoms with Crippen LogP contribution in [-0.2, 0) is 4.79 Å². The van der Waals surface area contributed by atoms with E-state index in [9.17, 15) is 9.59 Å². The number of benzene rings is 2. The number of hydrogen-bond donors (Lipinski definition) is 1. The van der Waals surface area contributed by atoms with Gasteiger partial charge >= 0.3 is 0 Å². The number of carbonyl (C=O) groups is 2. The summed E-state index contributed by atoms with van der Waals surface area (Å²) >= 11 is 6.04. The number of halogens is 1. The van der Waals surface area contributed by atoms with Gasteiger partial charge in [-0.05, 0) is 44.2 Å². The fourth-order valence-corrected chi connectivity index (χ4v) is 3.00. The van der Waals surface area contributed by atoms with Crippen LogP contribution in [0.5, 0.6) is 0 Å². The molecule has 6 nitrogen and oxygen atoms in total. The van der Waals surface area contributed by atoms with Crippen molar-refractivity contribution >= 4 is 29.1 Å². The first-order valence-corrected chi connectivity index (χ1v) is 9.15. The summed E-state index contributed by atoms with van der Waals surface area (Å²) in [5.41, 5.74) is 3.69. The molecule has 0 atom stereocenters. The molecular weight excluding hydrogens is 376 g/mol. The highest BCUT2D eigenvalue weighted by Crippen LogP contribution is 2.19. The zero-order valence-corrected chi connectivity index (χ0v) is 16.7. The molecule has 0 spiro atoms. The maximum Gasteiger partial charge on any atom is 0.257 e. The molecule has 1 heterocycles. The smallest absolute Gasteiger partial charge is 0.257 e. The SMILES string of the molecule is Cc1ccc(NC(=O)CN(C)C(=O)c2cnn(-c3cccc(Cl)c3)c2C)cc1. The lowest BCUT2D eigenvalue weighted by Crippen LogP contribution is -2.35. The number of carbonyl (C=O) groups excluding carboxylic acids is 2. The van der Waals surface area contributed by atoms with Crippen molar-refractivity contribution in [3.8, 4) is 5.69 Å². The number of anilines is 1. The Hall–Kier alpha value is -3.12. The molecule has 0 saturated carbocycles. The molecule has 3 rings (SSSR count). The van der Waals surface area contributed by atoms with E-state index in [-0.39, 0.29) is 18.4 Å². The summed E-state index contributed by atoms with van der Waals surface area (Å²) in [6.45, 7) is 3.72. The number of likely N-dealkylation sites (N-methyl/N-ethyl adjacent to an activating group) is 1. The van der Waals surface area contributed by atoms with Crippen molar-refractivity contribution in [2.24, 2.45) is 0 Å². The van der Waals surface area contributed by atoms with E-state index in [4.69, 9.17) is 11.6 Å².